The van der Waals surface area contributed by atoms with Crippen LogP contribution in [0.4, 0.5) is 0 Å². The van der Waals surface area contributed by atoms with E-state index in [2.05, 4.69) is 4.85 Å². The molecule has 1 unspecified atom stereocenters. The fourth-order valence-electron chi connectivity index (χ4n) is 5.04. The maximum absolute atomic E-state index is 13.1. The number of rotatable bonds is 7. The van der Waals surface area contributed by atoms with E-state index < -0.39 is 42.0 Å². The minimum atomic E-state index is -1.35. The van der Waals surface area contributed by atoms with Crippen LogP contribution < -0.4 is 11.5 Å². The predicted octanol–water partition coefficient (Wildman–Crippen LogP) is -1.55. The van der Waals surface area contributed by atoms with Crippen molar-refractivity contribution < 1.29 is 28.7 Å². The van der Waals surface area contributed by atoms with Gasteiger partial charge in [0.05, 0.1) is 23.0 Å². The molecule has 0 aromatic carbocycles. The molecule has 4 atom stereocenters. The van der Waals surface area contributed by atoms with E-state index >= 15 is 0 Å². The minimum Gasteiger partial charge on any atom is -0.395 e. The Labute approximate surface area is 178 Å². The van der Waals surface area contributed by atoms with Crippen LogP contribution in [0.5, 0.6) is 0 Å². The van der Waals surface area contributed by atoms with Crippen molar-refractivity contribution in [3.05, 3.63) is 34.0 Å². The number of carbonyl (C=O) groups excluding carboxylic acids is 4. The maximum atomic E-state index is 13.1. The highest BCUT2D eigenvalue weighted by Gasteiger charge is 2.77. The first-order chi connectivity index (χ1) is 14.7. The quantitative estimate of drug-likeness (QED) is 0.214. The molecule has 0 radical (unpaired) electrons. The van der Waals surface area contributed by atoms with Crippen LogP contribution >= 0.6 is 0 Å². The van der Waals surface area contributed by atoms with Crippen molar-refractivity contribution in [2.75, 3.05) is 26.8 Å². The molecule has 164 valence electrons. The summed E-state index contributed by atoms with van der Waals surface area (Å²) in [5.41, 5.74) is 9.92. The van der Waals surface area contributed by atoms with Crippen molar-refractivity contribution in [3.63, 3.8) is 0 Å². The van der Waals surface area contributed by atoms with Crippen molar-refractivity contribution in [2.45, 2.75) is 43.7 Å². The van der Waals surface area contributed by atoms with Gasteiger partial charge >= 0.3 is 0 Å². The number of ketones is 2. The molecule has 4 N–H and O–H groups in total. The van der Waals surface area contributed by atoms with Crippen LogP contribution in [-0.2, 0) is 28.7 Å². The molecule has 1 aliphatic carbocycles. The smallest absolute Gasteiger partial charge is 0.243 e. The van der Waals surface area contributed by atoms with E-state index in [1.54, 1.807) is 9.80 Å². The van der Waals surface area contributed by atoms with E-state index in [9.17, 15) is 19.2 Å². The zero-order chi connectivity index (χ0) is 22.7. The van der Waals surface area contributed by atoms with E-state index in [1.165, 1.54) is 14.0 Å². The molecule has 0 aromatic rings. The number of hydrogen-bond acceptors (Lipinski definition) is 8. The third-order valence-electron chi connectivity index (χ3n) is 6.43. The van der Waals surface area contributed by atoms with Crippen molar-refractivity contribution in [1.82, 2.24) is 9.80 Å². The second kappa shape index (κ2) is 7.18. The summed E-state index contributed by atoms with van der Waals surface area (Å²) in [7, 11) is 1.41. The van der Waals surface area contributed by atoms with Crippen LogP contribution in [0.25, 0.3) is 4.85 Å². The molecular weight excluding hydrogens is 406 g/mol. The number of primary amides is 1. The van der Waals surface area contributed by atoms with Gasteiger partial charge in [-0.3, -0.25) is 19.2 Å². The monoisotopic (exact) mass is 429 g/mol. The number of carbonyl (C=O) groups is 4. The zero-order valence-electron chi connectivity index (χ0n) is 17.2. The van der Waals surface area contributed by atoms with Crippen LogP contribution in [0.15, 0.2) is 22.5 Å². The van der Waals surface area contributed by atoms with Gasteiger partial charge in [-0.2, -0.15) is 0 Å². The van der Waals surface area contributed by atoms with Crippen molar-refractivity contribution in [3.8, 4) is 0 Å². The van der Waals surface area contributed by atoms with Crippen molar-refractivity contribution in [1.29, 1.82) is 0 Å². The number of nitrogens with zero attached hydrogens (tertiary/aromatic N) is 3. The van der Waals surface area contributed by atoms with E-state index in [1.807, 2.05) is 0 Å². The molecule has 4 aliphatic rings. The standard InChI is InChI=1S/C20H23N5O6/c1-9-14(22)17(29)13-15(16(9)28)24-7-10-18(25(10)12(27)5-4-6-23-2)20(24,30-3)19(13)31-8-11(21)26/h10,18-19H,4-8,22H2,1,3H3,(H2,21,26)/t10?,18-,19+,20-,25?/m0/s1. The summed E-state index contributed by atoms with van der Waals surface area (Å²) in [6, 6.07) is -0.718. The van der Waals surface area contributed by atoms with Gasteiger partial charge < -0.3 is 35.6 Å². The first kappa shape index (κ1) is 21.0. The highest BCUT2D eigenvalue weighted by atomic mass is 16.6. The highest BCUT2D eigenvalue weighted by Crippen LogP contribution is 2.58. The molecule has 31 heavy (non-hydrogen) atoms. The lowest BCUT2D eigenvalue weighted by atomic mass is 9.88. The molecule has 2 fully saturated rings. The van der Waals surface area contributed by atoms with Gasteiger partial charge in [0.25, 0.3) is 0 Å². The largest absolute Gasteiger partial charge is 0.395 e. The van der Waals surface area contributed by atoms with E-state index in [-0.39, 0.29) is 54.0 Å². The first-order valence-corrected chi connectivity index (χ1v) is 9.89. The fraction of sp³-hybridized carbons (Fsp3) is 0.550. The normalized spacial score (nSPS) is 30.9. The van der Waals surface area contributed by atoms with Gasteiger partial charge in [0.15, 0.2) is 5.72 Å². The Morgan fingerprint density at radius 2 is 2.03 bits per heavy atom. The highest BCUT2D eigenvalue weighted by molar-refractivity contribution is 6.25. The first-order valence-electron chi connectivity index (χ1n) is 9.89. The number of amides is 2. The summed E-state index contributed by atoms with van der Waals surface area (Å²) in [5.74, 6) is -1.85. The molecule has 2 saturated heterocycles. The van der Waals surface area contributed by atoms with Crippen LogP contribution in [0.2, 0.25) is 0 Å². The third-order valence-corrected chi connectivity index (χ3v) is 6.43. The van der Waals surface area contributed by atoms with E-state index in [4.69, 9.17) is 27.5 Å². The predicted molar refractivity (Wildman–Crippen MR) is 104 cm³/mol. The number of ether oxygens (including phenoxy) is 2. The lowest BCUT2D eigenvalue weighted by molar-refractivity contribution is -0.178. The van der Waals surface area contributed by atoms with Crippen LogP contribution in [-0.4, -0.2) is 83.9 Å². The van der Waals surface area contributed by atoms with Crippen LogP contribution in [0.3, 0.4) is 0 Å². The van der Waals surface area contributed by atoms with E-state index in [0.29, 0.717) is 6.42 Å². The van der Waals surface area contributed by atoms with Gasteiger partial charge in [0.2, 0.25) is 29.9 Å². The molecule has 11 heteroatoms. The third kappa shape index (κ3) is 2.72. The number of Topliss-reactive ketones (excluding diaryl/α,β-unsaturated/α-hetero) is 2. The molecule has 4 rings (SSSR count). The average molecular weight is 429 g/mol. The molecule has 0 bridgehead atoms. The molecule has 0 aromatic heterocycles. The summed E-state index contributed by atoms with van der Waals surface area (Å²) >= 11 is 0. The number of allylic oxidation sites excluding steroid dienone is 2. The van der Waals surface area contributed by atoms with Gasteiger partial charge in [0, 0.05) is 32.1 Å². The van der Waals surface area contributed by atoms with Crippen molar-refractivity contribution in [2.24, 2.45) is 11.5 Å². The maximum Gasteiger partial charge on any atom is 0.243 e. The number of nitrogens with two attached hydrogens (primary N) is 2. The zero-order valence-corrected chi connectivity index (χ0v) is 17.2. The molecule has 3 aliphatic heterocycles. The number of hydrogen-bond donors (Lipinski definition) is 2. The lowest BCUT2D eigenvalue weighted by Crippen LogP contribution is -2.58. The topological polar surface area (TPSA) is 149 Å². The minimum absolute atomic E-state index is 0.0296. The average Bonchev–Trinajstić information content (AvgIpc) is 3.25. The van der Waals surface area contributed by atoms with Gasteiger partial charge in [-0.1, -0.05) is 0 Å². The molecule has 2 amide bonds. The summed E-state index contributed by atoms with van der Waals surface area (Å²) < 4.78 is 11.6. The summed E-state index contributed by atoms with van der Waals surface area (Å²) in [4.78, 5) is 56.8. The Morgan fingerprint density at radius 1 is 1.32 bits per heavy atom. The molecule has 0 saturated carbocycles. The number of methoxy groups -OCH3 is 1. The van der Waals surface area contributed by atoms with Gasteiger partial charge in [-0.25, -0.2) is 6.57 Å². The SMILES string of the molecule is [C-]#[N+]CCCC(=O)N1C2CN3C4=C(C(=O)C(N)=C(C)C4=O)[C@@H](OCC(N)=O)[C@@]3(OC)[C@H]21. The summed E-state index contributed by atoms with van der Waals surface area (Å²) in [6.45, 7) is 8.37. The van der Waals surface area contributed by atoms with Gasteiger partial charge in [-0.05, 0) is 6.92 Å². The molecular formula is C20H23N5O6. The van der Waals surface area contributed by atoms with Gasteiger partial charge in [0.1, 0.15) is 18.8 Å². The second-order valence-corrected chi connectivity index (χ2v) is 7.98. The Hall–Kier alpha value is -3.23. The molecule has 3 heterocycles. The Bertz CT molecular complexity index is 1010. The van der Waals surface area contributed by atoms with E-state index in [0.717, 1.165) is 0 Å². The van der Waals surface area contributed by atoms with Gasteiger partial charge in [-0.15, -0.1) is 0 Å². The molecule has 0 spiro atoms. The van der Waals surface area contributed by atoms with Crippen LogP contribution in [0, 0.1) is 6.57 Å². The number of piperazine rings is 1. The van der Waals surface area contributed by atoms with Crippen LogP contribution in [0.1, 0.15) is 19.8 Å². The fourth-order valence-corrected chi connectivity index (χ4v) is 5.04. The second-order valence-electron chi connectivity index (χ2n) is 7.98. The number of fused-ring (bicyclic) bond motifs is 4. The lowest BCUT2D eigenvalue weighted by Gasteiger charge is -2.40. The summed E-state index contributed by atoms with van der Waals surface area (Å²) in [5, 5.41) is 0. The molecule has 11 nitrogen and oxygen atoms in total. The Kier molecular flexibility index (Phi) is 4.87. The Morgan fingerprint density at radius 3 is 2.65 bits per heavy atom. The summed E-state index contributed by atoms with van der Waals surface area (Å²) in [6.07, 6.45) is -0.477. The van der Waals surface area contributed by atoms with Crippen molar-refractivity contribution >= 4 is 23.4 Å². The Balaban J connectivity index is 1.72.